The van der Waals surface area contributed by atoms with Gasteiger partial charge in [-0.25, -0.2) is 0 Å². The molecule has 0 aliphatic carbocycles. The van der Waals surface area contributed by atoms with Crippen LogP contribution in [0.4, 0.5) is 5.69 Å². The third-order valence-corrected chi connectivity index (χ3v) is 3.15. The number of aryl methyl sites for hydroxylation is 1. The summed E-state index contributed by atoms with van der Waals surface area (Å²) in [5.41, 5.74) is 1.15. The first-order valence-electron chi connectivity index (χ1n) is 6.15. The molecule has 21 heavy (non-hydrogen) atoms. The molecule has 0 spiro atoms. The monoisotopic (exact) mass is 285 g/mol. The SMILES string of the molecule is Cc1c([N+](=O)[O-])c(-c2nc(-c3ccccc3)no2)nn1C. The molecule has 0 aliphatic rings. The van der Waals surface area contributed by atoms with E-state index >= 15 is 0 Å². The van der Waals surface area contributed by atoms with Gasteiger partial charge >= 0.3 is 5.69 Å². The zero-order valence-corrected chi connectivity index (χ0v) is 11.3. The molecule has 0 atom stereocenters. The first-order valence-corrected chi connectivity index (χ1v) is 6.15. The second kappa shape index (κ2) is 4.82. The highest BCUT2D eigenvalue weighted by molar-refractivity contribution is 5.66. The van der Waals surface area contributed by atoms with Crippen LogP contribution in [0, 0.1) is 17.0 Å². The molecule has 3 rings (SSSR count). The Balaban J connectivity index is 2.09. The summed E-state index contributed by atoms with van der Waals surface area (Å²) in [7, 11) is 1.63. The molecule has 1 aromatic carbocycles. The van der Waals surface area contributed by atoms with Gasteiger partial charge < -0.3 is 4.52 Å². The van der Waals surface area contributed by atoms with Gasteiger partial charge in [-0.05, 0) is 6.92 Å². The average Bonchev–Trinajstić information content (AvgIpc) is 3.06. The average molecular weight is 285 g/mol. The predicted molar refractivity (Wildman–Crippen MR) is 73.3 cm³/mol. The standard InChI is InChI=1S/C13H11N5O3/c1-8-11(18(19)20)10(15-17(8)2)13-14-12(16-21-13)9-6-4-3-5-7-9/h3-7H,1-2H3. The lowest BCUT2D eigenvalue weighted by Crippen LogP contribution is -1.94. The van der Waals surface area contributed by atoms with E-state index in [1.165, 1.54) is 4.68 Å². The summed E-state index contributed by atoms with van der Waals surface area (Å²) >= 11 is 0. The maximum Gasteiger partial charge on any atom is 0.322 e. The van der Waals surface area contributed by atoms with Crippen LogP contribution in [0.1, 0.15) is 5.69 Å². The van der Waals surface area contributed by atoms with Gasteiger partial charge in [0.25, 0.3) is 5.89 Å². The van der Waals surface area contributed by atoms with Crippen molar-refractivity contribution in [3.63, 3.8) is 0 Å². The summed E-state index contributed by atoms with van der Waals surface area (Å²) < 4.78 is 6.54. The second-order valence-electron chi connectivity index (χ2n) is 4.45. The van der Waals surface area contributed by atoms with E-state index in [-0.39, 0.29) is 17.3 Å². The summed E-state index contributed by atoms with van der Waals surface area (Å²) in [5.74, 6) is 0.396. The lowest BCUT2D eigenvalue weighted by Gasteiger charge is -1.91. The van der Waals surface area contributed by atoms with E-state index in [4.69, 9.17) is 4.52 Å². The molecular weight excluding hydrogens is 274 g/mol. The molecule has 106 valence electrons. The molecule has 0 unspecified atom stereocenters. The van der Waals surface area contributed by atoms with Gasteiger partial charge in [-0.1, -0.05) is 35.5 Å². The second-order valence-corrected chi connectivity index (χ2v) is 4.45. The summed E-state index contributed by atoms with van der Waals surface area (Å²) in [6.07, 6.45) is 0. The Morgan fingerprint density at radius 2 is 2.00 bits per heavy atom. The first kappa shape index (κ1) is 13.0. The number of benzene rings is 1. The van der Waals surface area contributed by atoms with Crippen LogP contribution in [0.2, 0.25) is 0 Å². The Morgan fingerprint density at radius 1 is 1.29 bits per heavy atom. The lowest BCUT2D eigenvalue weighted by atomic mass is 10.2. The fourth-order valence-electron chi connectivity index (χ4n) is 1.98. The van der Waals surface area contributed by atoms with E-state index in [1.807, 2.05) is 30.3 Å². The van der Waals surface area contributed by atoms with Crippen molar-refractivity contribution >= 4 is 5.69 Å². The Kier molecular flexibility index (Phi) is 2.98. The van der Waals surface area contributed by atoms with Gasteiger partial charge in [-0.15, -0.1) is 0 Å². The van der Waals surface area contributed by atoms with Crippen molar-refractivity contribution < 1.29 is 9.45 Å². The third kappa shape index (κ3) is 2.16. The van der Waals surface area contributed by atoms with E-state index in [0.717, 1.165) is 5.56 Å². The largest absolute Gasteiger partial charge is 0.332 e. The topological polar surface area (TPSA) is 99.9 Å². The molecule has 0 radical (unpaired) electrons. The molecule has 0 fully saturated rings. The van der Waals surface area contributed by atoms with Crippen molar-refractivity contribution in [3.8, 4) is 23.0 Å². The van der Waals surface area contributed by atoms with Crippen LogP contribution in [0.25, 0.3) is 23.0 Å². The fourth-order valence-corrected chi connectivity index (χ4v) is 1.98. The Labute approximate surface area is 119 Å². The summed E-state index contributed by atoms with van der Waals surface area (Å²) in [4.78, 5) is 14.9. The van der Waals surface area contributed by atoms with Crippen molar-refractivity contribution in [2.45, 2.75) is 6.92 Å². The first-order chi connectivity index (χ1) is 10.1. The summed E-state index contributed by atoms with van der Waals surface area (Å²) in [6.45, 7) is 1.61. The number of aromatic nitrogens is 4. The lowest BCUT2D eigenvalue weighted by molar-refractivity contribution is -0.384. The van der Waals surface area contributed by atoms with Gasteiger partial charge in [0.1, 0.15) is 5.69 Å². The number of nitrogens with zero attached hydrogens (tertiary/aromatic N) is 5. The van der Waals surface area contributed by atoms with Gasteiger partial charge in [0.2, 0.25) is 11.5 Å². The van der Waals surface area contributed by atoms with Crippen LogP contribution in [-0.4, -0.2) is 24.8 Å². The van der Waals surface area contributed by atoms with E-state index < -0.39 is 4.92 Å². The Morgan fingerprint density at radius 3 is 2.67 bits per heavy atom. The number of hydrogen-bond acceptors (Lipinski definition) is 6. The molecule has 3 aromatic rings. The van der Waals surface area contributed by atoms with Gasteiger partial charge in [0.05, 0.1) is 4.92 Å². The highest BCUT2D eigenvalue weighted by Gasteiger charge is 2.29. The maximum absolute atomic E-state index is 11.2. The number of rotatable bonds is 3. The molecule has 0 bridgehead atoms. The highest BCUT2D eigenvalue weighted by Crippen LogP contribution is 2.31. The van der Waals surface area contributed by atoms with E-state index in [9.17, 15) is 10.1 Å². The van der Waals surface area contributed by atoms with Gasteiger partial charge in [-0.2, -0.15) is 10.1 Å². The minimum Gasteiger partial charge on any atom is -0.332 e. The molecule has 0 saturated heterocycles. The molecular formula is C13H11N5O3. The normalized spacial score (nSPS) is 10.8. The van der Waals surface area contributed by atoms with Gasteiger partial charge in [0.15, 0.2) is 0 Å². The Hall–Kier alpha value is -3.03. The molecule has 2 heterocycles. The summed E-state index contributed by atoms with van der Waals surface area (Å²) in [5, 5.41) is 19.1. The van der Waals surface area contributed by atoms with Crippen molar-refractivity contribution in [2.75, 3.05) is 0 Å². The van der Waals surface area contributed by atoms with Crippen LogP contribution in [0.3, 0.4) is 0 Å². The zero-order chi connectivity index (χ0) is 15.0. The van der Waals surface area contributed by atoms with Crippen LogP contribution >= 0.6 is 0 Å². The van der Waals surface area contributed by atoms with Gasteiger partial charge in [-0.3, -0.25) is 14.8 Å². The maximum atomic E-state index is 11.2. The molecule has 0 aliphatic heterocycles. The van der Waals surface area contributed by atoms with Crippen molar-refractivity contribution in [3.05, 3.63) is 46.1 Å². The zero-order valence-electron chi connectivity index (χ0n) is 11.3. The van der Waals surface area contributed by atoms with Gasteiger partial charge in [0, 0.05) is 12.6 Å². The molecule has 8 heteroatoms. The molecule has 8 nitrogen and oxygen atoms in total. The Bertz CT molecular complexity index is 807. The number of nitro groups is 1. The van der Waals surface area contributed by atoms with E-state index in [2.05, 4.69) is 15.2 Å². The van der Waals surface area contributed by atoms with E-state index in [1.54, 1.807) is 14.0 Å². The van der Waals surface area contributed by atoms with Crippen LogP contribution in [-0.2, 0) is 7.05 Å². The minimum atomic E-state index is -0.496. The quantitative estimate of drug-likeness (QED) is 0.541. The predicted octanol–water partition coefficient (Wildman–Crippen LogP) is 2.35. The number of hydrogen-bond donors (Lipinski definition) is 0. The van der Waals surface area contributed by atoms with Crippen LogP contribution in [0.15, 0.2) is 34.9 Å². The van der Waals surface area contributed by atoms with E-state index in [0.29, 0.717) is 11.5 Å². The minimum absolute atomic E-state index is 0.0317. The summed E-state index contributed by atoms with van der Waals surface area (Å²) in [6, 6.07) is 9.22. The fraction of sp³-hybridized carbons (Fsp3) is 0.154. The smallest absolute Gasteiger partial charge is 0.322 e. The molecule has 0 saturated carbocycles. The van der Waals surface area contributed by atoms with Crippen molar-refractivity contribution in [1.82, 2.24) is 19.9 Å². The molecule has 0 N–H and O–H groups in total. The molecule has 2 aromatic heterocycles. The van der Waals surface area contributed by atoms with Crippen molar-refractivity contribution in [2.24, 2.45) is 7.05 Å². The van der Waals surface area contributed by atoms with Crippen molar-refractivity contribution in [1.29, 1.82) is 0 Å². The van der Waals surface area contributed by atoms with Crippen LogP contribution in [0.5, 0.6) is 0 Å². The third-order valence-electron chi connectivity index (χ3n) is 3.15. The van der Waals surface area contributed by atoms with Crippen LogP contribution < -0.4 is 0 Å². The molecule has 0 amide bonds. The highest BCUT2D eigenvalue weighted by atomic mass is 16.6.